The highest BCUT2D eigenvalue weighted by atomic mass is 19.3. The smallest absolute Gasteiger partial charge is 0.337 e. The van der Waals surface area contributed by atoms with E-state index in [2.05, 4.69) is 4.74 Å². The van der Waals surface area contributed by atoms with Crippen LogP contribution in [0.5, 0.6) is 5.75 Å². The molecule has 1 aromatic rings. The van der Waals surface area contributed by atoms with Crippen molar-refractivity contribution in [1.82, 2.24) is 0 Å². The molecule has 0 aromatic heterocycles. The van der Waals surface area contributed by atoms with Crippen LogP contribution >= 0.6 is 0 Å². The fourth-order valence-corrected chi connectivity index (χ4v) is 1.02. The van der Waals surface area contributed by atoms with Gasteiger partial charge < -0.3 is 15.6 Å². The van der Waals surface area contributed by atoms with Crippen molar-refractivity contribution in [2.24, 2.45) is 0 Å². The quantitative estimate of drug-likeness (QED) is 0.780. The van der Waals surface area contributed by atoms with Crippen LogP contribution in [0.4, 0.5) is 18.9 Å². The third kappa shape index (κ3) is 2.78. The minimum atomic E-state index is -2.77. The van der Waals surface area contributed by atoms with E-state index in [0.29, 0.717) is 6.07 Å². The fraction of sp³-hybridized carbons (Fsp3) is 0.222. The number of benzene rings is 1. The Labute approximate surface area is 88.4 Å². The molecule has 7 heteroatoms. The average molecular weight is 235 g/mol. The lowest BCUT2D eigenvalue weighted by Gasteiger charge is -2.09. The average Bonchev–Trinajstić information content (AvgIpc) is 2.15. The molecular weight excluding hydrogens is 227 g/mol. The lowest BCUT2D eigenvalue weighted by molar-refractivity contribution is 0.0695. The number of rotatable bonds is 4. The molecule has 88 valence electrons. The fourth-order valence-electron chi connectivity index (χ4n) is 1.02. The zero-order valence-electron chi connectivity index (χ0n) is 7.91. The highest BCUT2D eigenvalue weighted by molar-refractivity contribution is 5.94. The maximum Gasteiger partial charge on any atom is 0.337 e. The molecule has 1 aromatic carbocycles. The van der Waals surface area contributed by atoms with Gasteiger partial charge in [0.25, 0.3) is 6.43 Å². The maximum absolute atomic E-state index is 13.1. The SMILES string of the molecule is Nc1cc(F)c(OCC(F)F)cc1C(=O)O. The Kier molecular flexibility index (Phi) is 3.60. The van der Waals surface area contributed by atoms with Gasteiger partial charge in [-0.05, 0) is 6.07 Å². The molecule has 4 nitrogen and oxygen atoms in total. The number of hydrogen-bond donors (Lipinski definition) is 2. The number of carboxylic acids is 1. The number of nitrogens with two attached hydrogens (primary N) is 1. The molecule has 0 aliphatic rings. The second kappa shape index (κ2) is 4.73. The first-order valence-corrected chi connectivity index (χ1v) is 4.15. The highest BCUT2D eigenvalue weighted by Gasteiger charge is 2.15. The summed E-state index contributed by atoms with van der Waals surface area (Å²) in [5.41, 5.74) is 4.53. The van der Waals surface area contributed by atoms with Crippen molar-refractivity contribution in [3.8, 4) is 5.75 Å². The summed E-state index contributed by atoms with van der Waals surface area (Å²) in [7, 11) is 0. The Morgan fingerprint density at radius 1 is 1.50 bits per heavy atom. The van der Waals surface area contributed by atoms with Crippen LogP contribution in [0.3, 0.4) is 0 Å². The molecule has 0 unspecified atom stereocenters. The van der Waals surface area contributed by atoms with Gasteiger partial charge in [-0.15, -0.1) is 0 Å². The van der Waals surface area contributed by atoms with E-state index in [9.17, 15) is 18.0 Å². The molecule has 0 spiro atoms. The van der Waals surface area contributed by atoms with Crippen LogP contribution in [-0.2, 0) is 0 Å². The second-order valence-corrected chi connectivity index (χ2v) is 2.88. The summed E-state index contributed by atoms with van der Waals surface area (Å²) in [5.74, 6) is -2.94. The Morgan fingerprint density at radius 3 is 2.62 bits per heavy atom. The van der Waals surface area contributed by atoms with E-state index >= 15 is 0 Å². The molecule has 1 rings (SSSR count). The largest absolute Gasteiger partial charge is 0.485 e. The molecule has 0 saturated carbocycles. The molecule has 0 atom stereocenters. The second-order valence-electron chi connectivity index (χ2n) is 2.88. The zero-order chi connectivity index (χ0) is 12.3. The summed E-state index contributed by atoms with van der Waals surface area (Å²) < 4.78 is 41.1. The number of ether oxygens (including phenoxy) is 1. The minimum absolute atomic E-state index is 0.297. The van der Waals surface area contributed by atoms with E-state index in [4.69, 9.17) is 10.8 Å². The lowest BCUT2D eigenvalue weighted by Crippen LogP contribution is -2.10. The molecule has 0 bridgehead atoms. The van der Waals surface area contributed by atoms with Crippen molar-refractivity contribution in [2.45, 2.75) is 6.43 Å². The van der Waals surface area contributed by atoms with Crippen molar-refractivity contribution >= 4 is 11.7 Å². The summed E-state index contributed by atoms with van der Waals surface area (Å²) in [6.45, 7) is -1.01. The normalized spacial score (nSPS) is 10.5. The molecule has 0 saturated heterocycles. The molecule has 0 heterocycles. The van der Waals surface area contributed by atoms with Crippen LogP contribution in [0.25, 0.3) is 0 Å². The molecule has 0 radical (unpaired) electrons. The maximum atomic E-state index is 13.1. The van der Waals surface area contributed by atoms with E-state index in [1.54, 1.807) is 0 Å². The van der Waals surface area contributed by atoms with Crippen molar-refractivity contribution in [3.63, 3.8) is 0 Å². The van der Waals surface area contributed by atoms with Crippen molar-refractivity contribution < 1.29 is 27.8 Å². The third-order valence-corrected chi connectivity index (χ3v) is 1.70. The van der Waals surface area contributed by atoms with Gasteiger partial charge in [-0.25, -0.2) is 18.0 Å². The Balaban J connectivity index is 3.00. The number of carboxylic acid groups (broad SMARTS) is 1. The number of anilines is 1. The topological polar surface area (TPSA) is 72.5 Å². The number of nitrogen functional groups attached to an aromatic ring is 1. The van der Waals surface area contributed by atoms with E-state index in [-0.39, 0.29) is 5.69 Å². The molecule has 0 fully saturated rings. The van der Waals surface area contributed by atoms with Crippen LogP contribution in [0.2, 0.25) is 0 Å². The molecule has 16 heavy (non-hydrogen) atoms. The number of carbonyl (C=O) groups is 1. The molecular formula is C9H8F3NO3. The summed E-state index contributed by atoms with van der Waals surface area (Å²) in [5, 5.41) is 8.65. The van der Waals surface area contributed by atoms with Crippen LogP contribution in [-0.4, -0.2) is 24.1 Å². The first kappa shape index (κ1) is 12.2. The van der Waals surface area contributed by atoms with Crippen molar-refractivity contribution in [2.75, 3.05) is 12.3 Å². The number of alkyl halides is 2. The van der Waals surface area contributed by atoms with Gasteiger partial charge in [0.15, 0.2) is 11.6 Å². The molecule has 3 N–H and O–H groups in total. The van der Waals surface area contributed by atoms with Gasteiger partial charge in [0, 0.05) is 11.8 Å². The van der Waals surface area contributed by atoms with Crippen LogP contribution < -0.4 is 10.5 Å². The Morgan fingerprint density at radius 2 is 2.12 bits per heavy atom. The third-order valence-electron chi connectivity index (χ3n) is 1.70. The molecule has 0 amide bonds. The van der Waals surface area contributed by atoms with E-state index in [0.717, 1.165) is 6.07 Å². The van der Waals surface area contributed by atoms with Crippen LogP contribution in [0, 0.1) is 5.82 Å². The number of halogens is 3. The predicted molar refractivity (Wildman–Crippen MR) is 49.3 cm³/mol. The van der Waals surface area contributed by atoms with Crippen molar-refractivity contribution in [1.29, 1.82) is 0 Å². The summed E-state index contributed by atoms with van der Waals surface area (Å²) in [6, 6.07) is 1.49. The first-order valence-electron chi connectivity index (χ1n) is 4.15. The van der Waals surface area contributed by atoms with Gasteiger partial charge in [-0.2, -0.15) is 0 Å². The van der Waals surface area contributed by atoms with Crippen LogP contribution in [0.1, 0.15) is 10.4 Å². The Bertz CT molecular complexity index is 409. The summed E-state index contributed by atoms with van der Waals surface area (Å²) in [6.07, 6.45) is -2.77. The van der Waals surface area contributed by atoms with Crippen LogP contribution in [0.15, 0.2) is 12.1 Å². The van der Waals surface area contributed by atoms with Gasteiger partial charge in [-0.1, -0.05) is 0 Å². The van der Waals surface area contributed by atoms with Gasteiger partial charge in [0.05, 0.1) is 5.56 Å². The summed E-state index contributed by atoms with van der Waals surface area (Å²) in [4.78, 5) is 10.6. The van der Waals surface area contributed by atoms with E-state index in [1.807, 2.05) is 0 Å². The Hall–Kier alpha value is -1.92. The molecule has 0 aliphatic heterocycles. The molecule has 0 aliphatic carbocycles. The van der Waals surface area contributed by atoms with E-state index < -0.39 is 36.1 Å². The standard InChI is InChI=1S/C9H8F3NO3/c10-5-2-6(13)4(9(14)15)1-7(5)16-3-8(11)12/h1-2,8H,3,13H2,(H,14,15). The summed E-state index contributed by atoms with van der Waals surface area (Å²) >= 11 is 0. The lowest BCUT2D eigenvalue weighted by atomic mass is 10.1. The van der Waals surface area contributed by atoms with Gasteiger partial charge in [-0.3, -0.25) is 0 Å². The highest BCUT2D eigenvalue weighted by Crippen LogP contribution is 2.24. The van der Waals surface area contributed by atoms with Crippen molar-refractivity contribution in [3.05, 3.63) is 23.5 Å². The number of hydrogen-bond acceptors (Lipinski definition) is 3. The predicted octanol–water partition coefficient (Wildman–Crippen LogP) is 1.75. The zero-order valence-corrected chi connectivity index (χ0v) is 7.91. The minimum Gasteiger partial charge on any atom is -0.485 e. The van der Waals surface area contributed by atoms with E-state index in [1.165, 1.54) is 0 Å². The van der Waals surface area contributed by atoms with Gasteiger partial charge in [0.2, 0.25) is 0 Å². The van der Waals surface area contributed by atoms with Gasteiger partial charge in [0.1, 0.15) is 6.61 Å². The van der Waals surface area contributed by atoms with Gasteiger partial charge >= 0.3 is 5.97 Å². The number of aromatic carboxylic acids is 1. The monoisotopic (exact) mass is 235 g/mol. The first-order chi connectivity index (χ1) is 7.41.